The maximum Gasteiger partial charge on any atom is 0.0363 e. The Morgan fingerprint density at radius 1 is 1.19 bits per heavy atom. The molecule has 1 rings (SSSR count). The number of rotatable bonds is 5. The average molecular weight is 220 g/mol. The van der Waals surface area contributed by atoms with E-state index in [2.05, 4.69) is 57.0 Å². The van der Waals surface area contributed by atoms with Crippen LogP contribution in [0.1, 0.15) is 25.8 Å². The minimum atomic E-state index is 0.272. The summed E-state index contributed by atoms with van der Waals surface area (Å²) in [4.78, 5) is 2.30. The number of hydrogen-bond donors (Lipinski definition) is 1. The molecule has 0 saturated carbocycles. The van der Waals surface area contributed by atoms with Crippen LogP contribution >= 0.6 is 0 Å². The smallest absolute Gasteiger partial charge is 0.0363 e. The molecule has 0 amide bonds. The third-order valence-corrected chi connectivity index (χ3v) is 2.96. The van der Waals surface area contributed by atoms with Gasteiger partial charge in [0.15, 0.2) is 0 Å². The van der Waals surface area contributed by atoms with E-state index in [0.29, 0.717) is 0 Å². The van der Waals surface area contributed by atoms with E-state index in [1.54, 1.807) is 0 Å². The summed E-state index contributed by atoms with van der Waals surface area (Å²) in [5.41, 5.74) is 8.48. The molecule has 0 fully saturated rings. The molecule has 90 valence electrons. The highest BCUT2D eigenvalue weighted by Gasteiger charge is 2.19. The van der Waals surface area contributed by atoms with Gasteiger partial charge in [0.2, 0.25) is 0 Å². The first kappa shape index (κ1) is 13.0. The van der Waals surface area contributed by atoms with Crippen LogP contribution in [0.2, 0.25) is 0 Å². The van der Waals surface area contributed by atoms with E-state index in [0.717, 1.165) is 19.5 Å². The van der Waals surface area contributed by atoms with Gasteiger partial charge in [0.05, 0.1) is 0 Å². The Morgan fingerprint density at radius 2 is 1.75 bits per heavy atom. The largest absolute Gasteiger partial charge is 0.374 e. The lowest BCUT2D eigenvalue weighted by Crippen LogP contribution is -2.32. The van der Waals surface area contributed by atoms with E-state index in [9.17, 15) is 0 Å². The topological polar surface area (TPSA) is 29.3 Å². The zero-order valence-electron chi connectivity index (χ0n) is 11.0. The Hall–Kier alpha value is -1.02. The fraction of sp³-hybridized carbons (Fsp3) is 0.571. The monoisotopic (exact) mass is 220 g/mol. The SMILES string of the molecule is Cc1ccc(N(C)CC(C)(C)CCN)cc1. The van der Waals surface area contributed by atoms with Crippen LogP contribution in [0.25, 0.3) is 0 Å². The first-order chi connectivity index (χ1) is 7.44. The van der Waals surface area contributed by atoms with Gasteiger partial charge < -0.3 is 10.6 Å². The molecular weight excluding hydrogens is 196 g/mol. The second-order valence-electron chi connectivity index (χ2n) is 5.39. The van der Waals surface area contributed by atoms with E-state index in [1.807, 2.05) is 0 Å². The standard InChI is InChI=1S/C14H24N2/c1-12-5-7-13(8-6-12)16(4)11-14(2,3)9-10-15/h5-8H,9-11,15H2,1-4H3. The van der Waals surface area contributed by atoms with Gasteiger partial charge in [0, 0.05) is 19.3 Å². The van der Waals surface area contributed by atoms with Gasteiger partial charge in [0.25, 0.3) is 0 Å². The molecule has 1 aromatic carbocycles. The van der Waals surface area contributed by atoms with Gasteiger partial charge in [-0.1, -0.05) is 31.5 Å². The summed E-state index contributed by atoms with van der Waals surface area (Å²) < 4.78 is 0. The first-order valence-corrected chi connectivity index (χ1v) is 5.92. The van der Waals surface area contributed by atoms with Crippen molar-refractivity contribution < 1.29 is 0 Å². The minimum absolute atomic E-state index is 0.272. The van der Waals surface area contributed by atoms with Crippen molar-refractivity contribution in [2.24, 2.45) is 11.1 Å². The summed E-state index contributed by atoms with van der Waals surface area (Å²) >= 11 is 0. The Bertz CT molecular complexity index is 314. The van der Waals surface area contributed by atoms with Gasteiger partial charge in [-0.05, 0) is 37.4 Å². The van der Waals surface area contributed by atoms with E-state index < -0.39 is 0 Å². The normalized spacial score (nSPS) is 11.6. The lowest BCUT2D eigenvalue weighted by molar-refractivity contribution is 0.347. The summed E-state index contributed by atoms with van der Waals surface area (Å²) in [6.45, 7) is 8.44. The fourth-order valence-electron chi connectivity index (χ4n) is 2.00. The molecule has 1 aromatic rings. The zero-order valence-corrected chi connectivity index (χ0v) is 11.0. The molecule has 0 aliphatic rings. The van der Waals surface area contributed by atoms with Crippen LogP contribution in [0.5, 0.6) is 0 Å². The van der Waals surface area contributed by atoms with E-state index in [1.165, 1.54) is 11.3 Å². The van der Waals surface area contributed by atoms with Gasteiger partial charge in [-0.25, -0.2) is 0 Å². The highest BCUT2D eigenvalue weighted by Crippen LogP contribution is 2.23. The van der Waals surface area contributed by atoms with Crippen LogP contribution in [-0.2, 0) is 0 Å². The molecule has 0 spiro atoms. The predicted octanol–water partition coefficient (Wildman–Crippen LogP) is 2.81. The molecule has 0 radical (unpaired) electrons. The molecule has 16 heavy (non-hydrogen) atoms. The van der Waals surface area contributed by atoms with Gasteiger partial charge >= 0.3 is 0 Å². The Balaban J connectivity index is 2.64. The Labute approximate surface area is 99.5 Å². The summed E-state index contributed by atoms with van der Waals surface area (Å²) in [7, 11) is 2.14. The van der Waals surface area contributed by atoms with Crippen molar-refractivity contribution in [1.82, 2.24) is 0 Å². The number of hydrogen-bond acceptors (Lipinski definition) is 2. The number of nitrogens with two attached hydrogens (primary N) is 1. The molecule has 0 atom stereocenters. The third-order valence-electron chi connectivity index (χ3n) is 2.96. The number of aryl methyl sites for hydroxylation is 1. The molecule has 0 aliphatic heterocycles. The lowest BCUT2D eigenvalue weighted by Gasteiger charge is -2.31. The van der Waals surface area contributed by atoms with Crippen molar-refractivity contribution in [1.29, 1.82) is 0 Å². The molecular formula is C14H24N2. The number of benzene rings is 1. The molecule has 0 heterocycles. The molecule has 0 unspecified atom stereocenters. The Kier molecular flexibility index (Phi) is 4.36. The van der Waals surface area contributed by atoms with Gasteiger partial charge in [-0.15, -0.1) is 0 Å². The molecule has 2 nitrogen and oxygen atoms in total. The first-order valence-electron chi connectivity index (χ1n) is 5.92. The average Bonchev–Trinajstić information content (AvgIpc) is 2.17. The molecule has 2 N–H and O–H groups in total. The second-order valence-corrected chi connectivity index (χ2v) is 5.39. The highest BCUT2D eigenvalue weighted by atomic mass is 15.1. The molecule has 0 aromatic heterocycles. The third kappa shape index (κ3) is 3.86. The lowest BCUT2D eigenvalue weighted by atomic mass is 9.88. The van der Waals surface area contributed by atoms with E-state index in [-0.39, 0.29) is 5.41 Å². The minimum Gasteiger partial charge on any atom is -0.374 e. The number of nitrogens with zero attached hydrogens (tertiary/aromatic N) is 1. The molecule has 0 bridgehead atoms. The van der Waals surface area contributed by atoms with Gasteiger partial charge in [0.1, 0.15) is 0 Å². The predicted molar refractivity (Wildman–Crippen MR) is 71.9 cm³/mol. The van der Waals surface area contributed by atoms with Crippen molar-refractivity contribution in [3.05, 3.63) is 29.8 Å². The van der Waals surface area contributed by atoms with Crippen molar-refractivity contribution in [2.75, 3.05) is 25.0 Å². The maximum absolute atomic E-state index is 5.63. The van der Waals surface area contributed by atoms with Crippen molar-refractivity contribution in [3.8, 4) is 0 Å². The van der Waals surface area contributed by atoms with Crippen LogP contribution in [0.15, 0.2) is 24.3 Å². The van der Waals surface area contributed by atoms with Crippen LogP contribution < -0.4 is 10.6 Å². The van der Waals surface area contributed by atoms with Crippen molar-refractivity contribution in [2.45, 2.75) is 27.2 Å². The van der Waals surface area contributed by atoms with Crippen LogP contribution in [0.4, 0.5) is 5.69 Å². The summed E-state index contributed by atoms with van der Waals surface area (Å²) in [5, 5.41) is 0. The zero-order chi connectivity index (χ0) is 12.2. The van der Waals surface area contributed by atoms with Crippen LogP contribution in [-0.4, -0.2) is 20.1 Å². The fourth-order valence-corrected chi connectivity index (χ4v) is 2.00. The quantitative estimate of drug-likeness (QED) is 0.826. The van der Waals surface area contributed by atoms with E-state index in [4.69, 9.17) is 5.73 Å². The van der Waals surface area contributed by atoms with E-state index >= 15 is 0 Å². The van der Waals surface area contributed by atoms with Gasteiger partial charge in [-0.2, -0.15) is 0 Å². The van der Waals surface area contributed by atoms with Gasteiger partial charge in [-0.3, -0.25) is 0 Å². The Morgan fingerprint density at radius 3 is 2.25 bits per heavy atom. The summed E-state index contributed by atoms with van der Waals surface area (Å²) in [5.74, 6) is 0. The molecule has 0 saturated heterocycles. The van der Waals surface area contributed by atoms with Crippen molar-refractivity contribution in [3.63, 3.8) is 0 Å². The summed E-state index contributed by atoms with van der Waals surface area (Å²) in [6, 6.07) is 8.66. The van der Waals surface area contributed by atoms with Crippen LogP contribution in [0.3, 0.4) is 0 Å². The maximum atomic E-state index is 5.63. The molecule has 2 heteroatoms. The second kappa shape index (κ2) is 5.35. The highest BCUT2D eigenvalue weighted by molar-refractivity contribution is 5.46. The number of anilines is 1. The van der Waals surface area contributed by atoms with Crippen LogP contribution in [0, 0.1) is 12.3 Å². The molecule has 0 aliphatic carbocycles. The summed E-state index contributed by atoms with van der Waals surface area (Å²) in [6.07, 6.45) is 1.06. The van der Waals surface area contributed by atoms with Crippen molar-refractivity contribution >= 4 is 5.69 Å².